The second-order valence-corrected chi connectivity index (χ2v) is 8.01. The second kappa shape index (κ2) is 8.76. The van der Waals surface area contributed by atoms with Gasteiger partial charge in [0.1, 0.15) is 5.82 Å². The molecule has 0 saturated carbocycles. The second-order valence-electron chi connectivity index (χ2n) is 6.74. The molecule has 1 N–H and O–H groups in total. The maximum absolute atomic E-state index is 12.9. The molecule has 4 nitrogen and oxygen atoms in total. The molecule has 2 heterocycles. The van der Waals surface area contributed by atoms with Crippen molar-refractivity contribution in [3.63, 3.8) is 0 Å². The fraction of sp³-hybridized carbons (Fsp3) is 0.182. The molecule has 0 radical (unpaired) electrons. The number of nitrogens with one attached hydrogen (secondary N) is 1. The van der Waals surface area contributed by atoms with E-state index in [9.17, 15) is 9.18 Å². The Morgan fingerprint density at radius 2 is 1.86 bits per heavy atom. The number of fused-ring (bicyclic) bond motifs is 1. The van der Waals surface area contributed by atoms with Crippen molar-refractivity contribution in [2.45, 2.75) is 19.3 Å². The maximum atomic E-state index is 12.9. The van der Waals surface area contributed by atoms with Crippen LogP contribution in [0, 0.1) is 5.82 Å². The van der Waals surface area contributed by atoms with E-state index in [0.717, 1.165) is 27.5 Å². The lowest BCUT2D eigenvalue weighted by molar-refractivity contribution is -0.121. The molecule has 0 bridgehead atoms. The number of nitrogens with zero attached hydrogens (tertiary/aromatic N) is 2. The normalized spacial score (nSPS) is 11.1. The summed E-state index contributed by atoms with van der Waals surface area (Å²) in [5, 5.41) is 5.66. The van der Waals surface area contributed by atoms with Crippen LogP contribution in [0.3, 0.4) is 0 Å². The molecule has 0 saturated heterocycles. The molecule has 0 aliphatic rings. The van der Waals surface area contributed by atoms with Gasteiger partial charge in [0.05, 0.1) is 5.69 Å². The van der Waals surface area contributed by atoms with Gasteiger partial charge in [-0.2, -0.15) is 0 Å². The van der Waals surface area contributed by atoms with Crippen LogP contribution in [0.15, 0.2) is 60.1 Å². The van der Waals surface area contributed by atoms with Gasteiger partial charge in [0.2, 0.25) is 5.91 Å². The molecule has 0 atom stereocenters. The predicted octanol–water partition coefficient (Wildman–Crippen LogP) is 5.15. The lowest BCUT2D eigenvalue weighted by atomic mass is 10.1. The fourth-order valence-electron chi connectivity index (χ4n) is 3.10. The van der Waals surface area contributed by atoms with Gasteiger partial charge < -0.3 is 5.32 Å². The Morgan fingerprint density at radius 3 is 2.62 bits per heavy atom. The van der Waals surface area contributed by atoms with E-state index in [2.05, 4.69) is 10.3 Å². The van der Waals surface area contributed by atoms with Crippen molar-refractivity contribution in [1.82, 2.24) is 14.7 Å². The summed E-state index contributed by atoms with van der Waals surface area (Å²) in [4.78, 5) is 17.7. The predicted molar refractivity (Wildman–Crippen MR) is 115 cm³/mol. The zero-order valence-electron chi connectivity index (χ0n) is 15.6. The molecule has 2 aromatic heterocycles. The zero-order chi connectivity index (χ0) is 20.2. The van der Waals surface area contributed by atoms with Crippen molar-refractivity contribution in [3.05, 3.63) is 82.2 Å². The number of rotatable bonds is 7. The van der Waals surface area contributed by atoms with Gasteiger partial charge in [0.25, 0.3) is 0 Å². The van der Waals surface area contributed by atoms with Gasteiger partial charge in [-0.1, -0.05) is 35.9 Å². The van der Waals surface area contributed by atoms with Crippen LogP contribution >= 0.6 is 22.9 Å². The van der Waals surface area contributed by atoms with Crippen LogP contribution < -0.4 is 5.32 Å². The first-order valence-corrected chi connectivity index (χ1v) is 10.6. The number of aromatic nitrogens is 2. The monoisotopic (exact) mass is 427 g/mol. The summed E-state index contributed by atoms with van der Waals surface area (Å²) in [6.07, 6.45) is 3.72. The number of carbonyl (C=O) groups excluding carboxylic acids is 1. The number of amides is 1. The van der Waals surface area contributed by atoms with E-state index >= 15 is 0 Å². The van der Waals surface area contributed by atoms with E-state index < -0.39 is 0 Å². The third-order valence-electron chi connectivity index (χ3n) is 4.68. The minimum Gasteiger partial charge on any atom is -0.356 e. The highest BCUT2D eigenvalue weighted by Gasteiger charge is 2.11. The van der Waals surface area contributed by atoms with E-state index in [1.165, 1.54) is 12.1 Å². The van der Waals surface area contributed by atoms with Gasteiger partial charge in [-0.3, -0.25) is 9.20 Å². The van der Waals surface area contributed by atoms with E-state index in [-0.39, 0.29) is 11.7 Å². The highest BCUT2D eigenvalue weighted by Crippen LogP contribution is 2.25. The van der Waals surface area contributed by atoms with Gasteiger partial charge in [0, 0.05) is 40.8 Å². The van der Waals surface area contributed by atoms with E-state index in [1.807, 2.05) is 40.2 Å². The van der Waals surface area contributed by atoms with Crippen molar-refractivity contribution < 1.29 is 9.18 Å². The third kappa shape index (κ3) is 4.83. The number of imidazole rings is 1. The van der Waals surface area contributed by atoms with Crippen molar-refractivity contribution in [1.29, 1.82) is 0 Å². The van der Waals surface area contributed by atoms with Crippen LogP contribution in [0.25, 0.3) is 16.2 Å². The van der Waals surface area contributed by atoms with Gasteiger partial charge in [-0.15, -0.1) is 11.3 Å². The minimum atomic E-state index is -0.251. The van der Waals surface area contributed by atoms with Gasteiger partial charge in [-0.25, -0.2) is 9.37 Å². The molecular weight excluding hydrogens is 409 g/mol. The molecule has 0 aliphatic heterocycles. The first-order chi connectivity index (χ1) is 14.1. The molecule has 4 aromatic rings. The lowest BCUT2D eigenvalue weighted by Crippen LogP contribution is -2.26. The molecule has 0 unspecified atom stereocenters. The van der Waals surface area contributed by atoms with E-state index in [1.54, 1.807) is 23.5 Å². The topological polar surface area (TPSA) is 46.4 Å². The first-order valence-electron chi connectivity index (χ1n) is 9.31. The van der Waals surface area contributed by atoms with E-state index in [4.69, 9.17) is 11.6 Å². The number of aryl methyl sites for hydroxylation is 1. The fourth-order valence-corrected chi connectivity index (χ4v) is 4.13. The smallest absolute Gasteiger partial charge is 0.220 e. The van der Waals surface area contributed by atoms with Crippen molar-refractivity contribution in [3.8, 4) is 11.3 Å². The van der Waals surface area contributed by atoms with Crippen LogP contribution in [-0.4, -0.2) is 21.8 Å². The highest BCUT2D eigenvalue weighted by molar-refractivity contribution is 7.15. The summed E-state index contributed by atoms with van der Waals surface area (Å²) in [5.41, 5.74) is 3.96. The molecule has 0 fully saturated rings. The summed E-state index contributed by atoms with van der Waals surface area (Å²) in [6.45, 7) is 0.537. The lowest BCUT2D eigenvalue weighted by Gasteiger charge is -2.05. The van der Waals surface area contributed by atoms with Crippen LogP contribution in [0.5, 0.6) is 0 Å². The Kier molecular flexibility index (Phi) is 5.92. The van der Waals surface area contributed by atoms with Crippen LogP contribution in [-0.2, 0) is 17.6 Å². The average Bonchev–Trinajstić information content (AvgIpc) is 3.30. The molecule has 0 aliphatic carbocycles. The van der Waals surface area contributed by atoms with Gasteiger partial charge >= 0.3 is 0 Å². The maximum Gasteiger partial charge on any atom is 0.220 e. The minimum absolute atomic E-state index is 0.00417. The molecule has 4 rings (SSSR count). The summed E-state index contributed by atoms with van der Waals surface area (Å²) in [7, 11) is 0. The van der Waals surface area contributed by atoms with Gasteiger partial charge in [-0.05, 0) is 42.7 Å². The Hall–Kier alpha value is -2.70. The number of carbonyl (C=O) groups is 1. The number of benzene rings is 2. The van der Waals surface area contributed by atoms with Crippen LogP contribution in [0.4, 0.5) is 4.39 Å². The quantitative estimate of drug-likeness (QED) is 0.443. The Morgan fingerprint density at radius 1 is 1.10 bits per heavy atom. The van der Waals surface area contributed by atoms with E-state index in [0.29, 0.717) is 30.8 Å². The molecule has 148 valence electrons. The van der Waals surface area contributed by atoms with Crippen molar-refractivity contribution >= 4 is 33.8 Å². The zero-order valence-corrected chi connectivity index (χ0v) is 17.1. The van der Waals surface area contributed by atoms with Gasteiger partial charge in [0.15, 0.2) is 4.96 Å². The van der Waals surface area contributed by atoms with Crippen LogP contribution in [0.1, 0.15) is 17.7 Å². The molecule has 7 heteroatoms. The molecule has 29 heavy (non-hydrogen) atoms. The molecule has 2 aromatic carbocycles. The SMILES string of the molecule is O=C(CCc1csc2nc(-c3ccc(Cl)cc3)cn12)NCCc1ccc(F)cc1. The Bertz CT molecular complexity index is 1120. The average molecular weight is 428 g/mol. The van der Waals surface area contributed by atoms with Crippen LogP contribution in [0.2, 0.25) is 5.02 Å². The number of hydrogen-bond donors (Lipinski definition) is 1. The first kappa shape index (κ1) is 19.6. The van der Waals surface area contributed by atoms with Crippen molar-refractivity contribution in [2.24, 2.45) is 0 Å². The largest absolute Gasteiger partial charge is 0.356 e. The Balaban J connectivity index is 1.32. The summed E-state index contributed by atoms with van der Waals surface area (Å²) >= 11 is 7.52. The third-order valence-corrected chi connectivity index (χ3v) is 5.82. The number of halogens is 2. The van der Waals surface area contributed by atoms with Crippen molar-refractivity contribution in [2.75, 3.05) is 6.54 Å². The summed E-state index contributed by atoms with van der Waals surface area (Å²) in [5.74, 6) is -0.247. The molecule has 0 spiro atoms. The Labute approximate surface area is 177 Å². The summed E-state index contributed by atoms with van der Waals surface area (Å²) in [6, 6.07) is 13.9. The molecule has 1 amide bonds. The number of thiazole rings is 1. The standard InChI is InChI=1S/C22H19ClFN3OS/c23-17-5-3-16(4-6-17)20-13-27-19(14-29-22(27)26-20)9-10-21(28)25-12-11-15-1-7-18(24)8-2-15/h1-8,13-14H,9-12H2,(H,25,28). The number of hydrogen-bond acceptors (Lipinski definition) is 3. The highest BCUT2D eigenvalue weighted by atomic mass is 35.5. The summed E-state index contributed by atoms with van der Waals surface area (Å²) < 4.78 is 15.0. The molecular formula is C22H19ClFN3OS.